The van der Waals surface area contributed by atoms with Gasteiger partial charge in [0.05, 0.1) is 12.7 Å². The molecular weight excluding hydrogens is 398 g/mol. The lowest BCUT2D eigenvalue weighted by molar-refractivity contribution is -0.142. The largest absolute Gasteiger partial charge is 0.493 e. The molecule has 0 aromatic heterocycles. The lowest BCUT2D eigenvalue weighted by Crippen LogP contribution is -2.59. The summed E-state index contributed by atoms with van der Waals surface area (Å²) in [5, 5.41) is 28.0. The van der Waals surface area contributed by atoms with Crippen LogP contribution >= 0.6 is 0 Å². The molecule has 0 amide bonds. The molecule has 0 radical (unpaired) electrons. The zero-order chi connectivity index (χ0) is 22.0. The van der Waals surface area contributed by atoms with Crippen LogP contribution in [-0.2, 0) is 5.60 Å². The highest BCUT2D eigenvalue weighted by molar-refractivity contribution is 5.83. The number of hydrogen-bond acceptors (Lipinski definition) is 4. The molecular formula is C28H27NO3. The summed E-state index contributed by atoms with van der Waals surface area (Å²) in [5.74, 6) is 0.450. The summed E-state index contributed by atoms with van der Waals surface area (Å²) in [7, 11) is 0. The molecule has 3 unspecified atom stereocenters. The third kappa shape index (κ3) is 3.89. The number of ether oxygens (including phenoxy) is 1. The number of aliphatic hydroxyl groups is 2. The zero-order valence-corrected chi connectivity index (χ0v) is 17.8. The van der Waals surface area contributed by atoms with Gasteiger partial charge in [-0.1, -0.05) is 84.9 Å². The van der Waals surface area contributed by atoms with Crippen molar-refractivity contribution >= 4 is 10.8 Å². The number of piperidine rings is 1. The van der Waals surface area contributed by atoms with E-state index in [2.05, 4.69) is 29.6 Å². The summed E-state index contributed by atoms with van der Waals surface area (Å²) in [6, 6.07) is 32.1. The molecule has 0 bridgehead atoms. The second kappa shape index (κ2) is 8.75. The first-order valence-corrected chi connectivity index (χ1v) is 11.0. The molecule has 1 fully saturated rings. The Balaban J connectivity index is 1.38. The van der Waals surface area contributed by atoms with Crippen LogP contribution in [0.25, 0.3) is 21.9 Å². The molecule has 1 heterocycles. The fraction of sp³-hybridized carbons (Fsp3) is 0.214. The van der Waals surface area contributed by atoms with Gasteiger partial charge in [0.1, 0.15) is 11.4 Å². The van der Waals surface area contributed by atoms with Gasteiger partial charge in [-0.25, -0.2) is 0 Å². The highest BCUT2D eigenvalue weighted by atomic mass is 16.5. The van der Waals surface area contributed by atoms with Crippen molar-refractivity contribution in [2.75, 3.05) is 19.7 Å². The maximum atomic E-state index is 11.7. The molecule has 32 heavy (non-hydrogen) atoms. The Morgan fingerprint density at radius 2 is 1.47 bits per heavy atom. The van der Waals surface area contributed by atoms with Gasteiger partial charge in [0.25, 0.3) is 0 Å². The summed E-state index contributed by atoms with van der Waals surface area (Å²) < 4.78 is 6.10. The maximum absolute atomic E-state index is 11.7. The molecule has 162 valence electrons. The molecule has 0 saturated carbocycles. The van der Waals surface area contributed by atoms with Crippen LogP contribution < -0.4 is 10.1 Å². The molecule has 5 rings (SSSR count). The van der Waals surface area contributed by atoms with E-state index in [9.17, 15) is 10.2 Å². The van der Waals surface area contributed by atoms with Gasteiger partial charge in [0.2, 0.25) is 0 Å². The van der Waals surface area contributed by atoms with Crippen molar-refractivity contribution in [3.05, 3.63) is 103 Å². The van der Waals surface area contributed by atoms with Gasteiger partial charge in [-0.2, -0.15) is 0 Å². The van der Waals surface area contributed by atoms with E-state index < -0.39 is 11.7 Å². The number of hydrogen-bond donors (Lipinski definition) is 3. The predicted molar refractivity (Wildman–Crippen MR) is 128 cm³/mol. The molecule has 3 N–H and O–H groups in total. The standard InChI is InChI=1S/C28H27NO3/c30-27-18-29-17-25(19-32-26-15-12-21-8-4-5-9-23(21)16-26)28(27,31)24-13-10-22(11-14-24)20-6-2-1-3-7-20/h1-16,25,27,29-31H,17-19H2. The van der Waals surface area contributed by atoms with Crippen LogP contribution in [0.1, 0.15) is 5.56 Å². The van der Waals surface area contributed by atoms with Crippen molar-refractivity contribution in [2.24, 2.45) is 5.92 Å². The van der Waals surface area contributed by atoms with Crippen molar-refractivity contribution in [3.63, 3.8) is 0 Å². The predicted octanol–water partition coefficient (Wildman–Crippen LogP) is 4.35. The second-order valence-electron chi connectivity index (χ2n) is 8.46. The fourth-order valence-electron chi connectivity index (χ4n) is 4.61. The zero-order valence-electron chi connectivity index (χ0n) is 17.8. The number of benzene rings is 4. The van der Waals surface area contributed by atoms with E-state index in [4.69, 9.17) is 4.74 Å². The quantitative estimate of drug-likeness (QED) is 0.445. The molecule has 0 aliphatic carbocycles. The van der Waals surface area contributed by atoms with Gasteiger partial charge in [-0.3, -0.25) is 0 Å². The van der Waals surface area contributed by atoms with Crippen LogP contribution in [-0.4, -0.2) is 36.0 Å². The minimum atomic E-state index is -1.39. The van der Waals surface area contributed by atoms with Gasteiger partial charge in [0, 0.05) is 19.0 Å². The molecule has 0 spiro atoms. The van der Waals surface area contributed by atoms with Gasteiger partial charge >= 0.3 is 0 Å². The molecule has 4 aromatic rings. The lowest BCUT2D eigenvalue weighted by atomic mass is 9.74. The monoisotopic (exact) mass is 425 g/mol. The Hall–Kier alpha value is -3.18. The topological polar surface area (TPSA) is 61.7 Å². The number of aliphatic hydroxyl groups excluding tert-OH is 1. The minimum Gasteiger partial charge on any atom is -0.493 e. The molecule has 1 saturated heterocycles. The van der Waals surface area contributed by atoms with Crippen molar-refractivity contribution < 1.29 is 14.9 Å². The van der Waals surface area contributed by atoms with Crippen molar-refractivity contribution in [1.82, 2.24) is 5.32 Å². The third-order valence-electron chi connectivity index (χ3n) is 6.49. The van der Waals surface area contributed by atoms with E-state index in [-0.39, 0.29) is 5.92 Å². The molecule has 4 aromatic carbocycles. The van der Waals surface area contributed by atoms with E-state index >= 15 is 0 Å². The highest BCUT2D eigenvalue weighted by Crippen LogP contribution is 2.37. The van der Waals surface area contributed by atoms with Gasteiger partial charge in [-0.15, -0.1) is 0 Å². The van der Waals surface area contributed by atoms with E-state index in [1.807, 2.05) is 72.8 Å². The highest BCUT2D eigenvalue weighted by Gasteiger charge is 2.47. The Bertz CT molecular complexity index is 1190. The summed E-state index contributed by atoms with van der Waals surface area (Å²) in [6.45, 7) is 1.18. The van der Waals surface area contributed by atoms with Crippen LogP contribution in [0, 0.1) is 5.92 Å². The van der Waals surface area contributed by atoms with Crippen molar-refractivity contribution in [1.29, 1.82) is 0 Å². The van der Waals surface area contributed by atoms with E-state index in [1.165, 1.54) is 0 Å². The van der Waals surface area contributed by atoms with Crippen LogP contribution in [0.3, 0.4) is 0 Å². The second-order valence-corrected chi connectivity index (χ2v) is 8.46. The van der Waals surface area contributed by atoms with Gasteiger partial charge in [-0.05, 0) is 39.6 Å². The fourth-order valence-corrected chi connectivity index (χ4v) is 4.61. The van der Waals surface area contributed by atoms with Gasteiger partial charge in [0.15, 0.2) is 0 Å². The number of β-amino-alcohol motifs (C(OH)–C–C–N with tert-alkyl or cyclic N) is 1. The summed E-state index contributed by atoms with van der Waals surface area (Å²) in [4.78, 5) is 0. The Labute approximate surface area is 188 Å². The average Bonchev–Trinajstić information content (AvgIpc) is 2.85. The minimum absolute atomic E-state index is 0.291. The maximum Gasteiger partial charge on any atom is 0.124 e. The van der Waals surface area contributed by atoms with E-state index in [1.54, 1.807) is 0 Å². The number of rotatable bonds is 5. The Morgan fingerprint density at radius 1 is 0.781 bits per heavy atom. The Morgan fingerprint density at radius 3 is 2.25 bits per heavy atom. The summed E-state index contributed by atoms with van der Waals surface area (Å²) in [5.41, 5.74) is 1.51. The SMILES string of the molecule is OC1CNCC(COc2ccc3ccccc3c2)C1(O)c1ccc(-c2ccccc2)cc1. The first-order chi connectivity index (χ1) is 15.6. The number of fused-ring (bicyclic) bond motifs is 1. The summed E-state index contributed by atoms with van der Waals surface area (Å²) in [6.07, 6.45) is -0.927. The van der Waals surface area contributed by atoms with Crippen LogP contribution in [0.15, 0.2) is 97.1 Å². The molecule has 1 aliphatic rings. The molecule has 4 nitrogen and oxygen atoms in total. The number of nitrogens with one attached hydrogen (secondary N) is 1. The first-order valence-electron chi connectivity index (χ1n) is 11.0. The normalized spacial score (nSPS) is 23.2. The van der Waals surface area contributed by atoms with E-state index in [0.717, 1.165) is 27.6 Å². The van der Waals surface area contributed by atoms with Crippen LogP contribution in [0.4, 0.5) is 0 Å². The van der Waals surface area contributed by atoms with Crippen molar-refractivity contribution in [2.45, 2.75) is 11.7 Å². The van der Waals surface area contributed by atoms with Gasteiger partial charge < -0.3 is 20.3 Å². The van der Waals surface area contributed by atoms with Crippen LogP contribution in [0.2, 0.25) is 0 Å². The smallest absolute Gasteiger partial charge is 0.124 e. The Kier molecular flexibility index (Phi) is 5.66. The van der Waals surface area contributed by atoms with Crippen molar-refractivity contribution in [3.8, 4) is 16.9 Å². The molecule has 1 aliphatic heterocycles. The summed E-state index contributed by atoms with van der Waals surface area (Å²) >= 11 is 0. The average molecular weight is 426 g/mol. The lowest BCUT2D eigenvalue weighted by Gasteiger charge is -2.44. The molecule has 3 atom stereocenters. The van der Waals surface area contributed by atoms with E-state index in [0.29, 0.717) is 25.3 Å². The third-order valence-corrected chi connectivity index (χ3v) is 6.49. The van der Waals surface area contributed by atoms with Crippen LogP contribution in [0.5, 0.6) is 5.75 Å². The molecule has 4 heteroatoms. The first kappa shape index (κ1) is 20.7.